The van der Waals surface area contributed by atoms with Gasteiger partial charge in [-0.25, -0.2) is 4.99 Å². The van der Waals surface area contributed by atoms with Crippen molar-refractivity contribution >= 4 is 11.9 Å². The second-order valence-corrected chi connectivity index (χ2v) is 7.06. The number of carbonyl (C=O) groups excluding carboxylic acids is 1. The number of alkyl halides is 3. The normalized spacial score (nSPS) is 18.8. The van der Waals surface area contributed by atoms with Gasteiger partial charge in [0, 0.05) is 7.05 Å². The van der Waals surface area contributed by atoms with Gasteiger partial charge in [-0.3, -0.25) is 9.69 Å². The van der Waals surface area contributed by atoms with Crippen LogP contribution in [0.4, 0.5) is 13.2 Å². The Labute approximate surface area is 176 Å². The van der Waals surface area contributed by atoms with Gasteiger partial charge >= 0.3 is 6.36 Å². The first-order valence-corrected chi connectivity index (χ1v) is 9.36. The van der Waals surface area contributed by atoms with Crippen LogP contribution in [0.15, 0.2) is 83.9 Å². The summed E-state index contributed by atoms with van der Waals surface area (Å²) in [6.45, 7) is 0. The molecule has 1 aliphatic rings. The highest BCUT2D eigenvalue weighted by Crippen LogP contribution is 2.40. The molecule has 1 aliphatic heterocycles. The summed E-state index contributed by atoms with van der Waals surface area (Å²) in [6.07, 6.45) is -4.75. The number of halogens is 3. The molecule has 1 atom stereocenters. The fourth-order valence-electron chi connectivity index (χ4n) is 3.64. The highest BCUT2D eigenvalue weighted by atomic mass is 19.4. The highest BCUT2D eigenvalue weighted by molar-refractivity contribution is 6.09. The van der Waals surface area contributed by atoms with Crippen LogP contribution in [0.1, 0.15) is 11.1 Å². The average Bonchev–Trinajstić information content (AvgIpc) is 2.99. The maximum Gasteiger partial charge on any atom is 0.573 e. The van der Waals surface area contributed by atoms with Crippen LogP contribution in [0.3, 0.4) is 0 Å². The van der Waals surface area contributed by atoms with Crippen molar-refractivity contribution < 1.29 is 22.7 Å². The van der Waals surface area contributed by atoms with Crippen LogP contribution < -0.4 is 10.5 Å². The van der Waals surface area contributed by atoms with Crippen LogP contribution >= 0.6 is 0 Å². The number of nitrogens with two attached hydrogens (primary N) is 1. The number of rotatable bonds is 4. The number of guanidine groups is 1. The lowest BCUT2D eigenvalue weighted by Gasteiger charge is -2.26. The van der Waals surface area contributed by atoms with E-state index in [0.717, 1.165) is 0 Å². The Morgan fingerprint density at radius 1 is 0.903 bits per heavy atom. The quantitative estimate of drug-likeness (QED) is 0.678. The van der Waals surface area contributed by atoms with Crippen LogP contribution in [-0.2, 0) is 10.3 Å². The number of aliphatic imine (C=N–C) groups is 1. The third kappa shape index (κ3) is 3.72. The van der Waals surface area contributed by atoms with Crippen molar-refractivity contribution in [3.8, 4) is 16.9 Å². The van der Waals surface area contributed by atoms with Crippen LogP contribution in [0.5, 0.6) is 5.75 Å². The molecule has 0 saturated heterocycles. The van der Waals surface area contributed by atoms with Crippen LogP contribution in [-0.4, -0.2) is 30.2 Å². The number of hydrogen-bond donors (Lipinski definition) is 1. The molecule has 0 radical (unpaired) electrons. The summed E-state index contributed by atoms with van der Waals surface area (Å²) in [4.78, 5) is 19.1. The van der Waals surface area contributed by atoms with Gasteiger partial charge in [0.1, 0.15) is 5.75 Å². The van der Waals surface area contributed by atoms with Gasteiger partial charge < -0.3 is 10.5 Å². The maximum absolute atomic E-state index is 13.3. The van der Waals surface area contributed by atoms with Gasteiger partial charge in [0.05, 0.1) is 0 Å². The Morgan fingerprint density at radius 3 is 2.13 bits per heavy atom. The summed E-state index contributed by atoms with van der Waals surface area (Å²) in [5.41, 5.74) is 7.29. The number of benzene rings is 3. The monoisotopic (exact) mass is 425 g/mol. The molecule has 5 nitrogen and oxygen atoms in total. The zero-order valence-electron chi connectivity index (χ0n) is 16.4. The fraction of sp³-hybridized carbons (Fsp3) is 0.130. The molecule has 0 fully saturated rings. The highest BCUT2D eigenvalue weighted by Gasteiger charge is 2.49. The van der Waals surface area contributed by atoms with E-state index in [4.69, 9.17) is 5.73 Å². The first-order valence-electron chi connectivity index (χ1n) is 9.36. The predicted octanol–water partition coefficient (Wildman–Crippen LogP) is 4.28. The molecule has 0 aliphatic carbocycles. The predicted molar refractivity (Wildman–Crippen MR) is 110 cm³/mol. The summed E-state index contributed by atoms with van der Waals surface area (Å²) < 4.78 is 41.2. The maximum atomic E-state index is 13.3. The molecule has 0 bridgehead atoms. The fourth-order valence-corrected chi connectivity index (χ4v) is 3.64. The Morgan fingerprint density at radius 2 is 1.55 bits per heavy atom. The largest absolute Gasteiger partial charge is 0.573 e. The SMILES string of the molecule is CN1C(=O)C(c2ccccc2)(c2cccc(-c3ccc(OC(F)(F)F)cc3)c2)N=C1N. The summed E-state index contributed by atoms with van der Waals surface area (Å²) in [5.74, 6) is -0.492. The van der Waals surface area contributed by atoms with Crippen LogP contribution in [0, 0.1) is 0 Å². The molecule has 0 aromatic heterocycles. The van der Waals surface area contributed by atoms with E-state index in [2.05, 4.69) is 9.73 Å². The summed E-state index contributed by atoms with van der Waals surface area (Å²) in [6, 6.07) is 21.8. The molecule has 1 heterocycles. The first-order chi connectivity index (χ1) is 14.7. The second-order valence-electron chi connectivity index (χ2n) is 7.06. The second kappa shape index (κ2) is 7.46. The third-order valence-electron chi connectivity index (χ3n) is 5.13. The van der Waals surface area contributed by atoms with Gasteiger partial charge in [0.15, 0.2) is 11.5 Å². The Hall–Kier alpha value is -3.81. The lowest BCUT2D eigenvalue weighted by Crippen LogP contribution is -2.41. The smallest absolute Gasteiger partial charge is 0.406 e. The molecule has 158 valence electrons. The number of ether oxygens (including phenoxy) is 1. The third-order valence-corrected chi connectivity index (χ3v) is 5.13. The topological polar surface area (TPSA) is 67.9 Å². The number of carbonyl (C=O) groups is 1. The van der Waals surface area contributed by atoms with Crippen molar-refractivity contribution in [3.63, 3.8) is 0 Å². The van der Waals surface area contributed by atoms with Crippen molar-refractivity contribution in [1.82, 2.24) is 4.90 Å². The van der Waals surface area contributed by atoms with E-state index in [0.29, 0.717) is 22.3 Å². The van der Waals surface area contributed by atoms with E-state index in [1.807, 2.05) is 30.3 Å². The molecular weight excluding hydrogens is 407 g/mol. The van der Waals surface area contributed by atoms with E-state index < -0.39 is 11.9 Å². The summed E-state index contributed by atoms with van der Waals surface area (Å²) >= 11 is 0. The van der Waals surface area contributed by atoms with E-state index >= 15 is 0 Å². The van der Waals surface area contributed by atoms with Crippen molar-refractivity contribution in [3.05, 3.63) is 90.0 Å². The van der Waals surface area contributed by atoms with Gasteiger partial charge in [-0.15, -0.1) is 13.2 Å². The average molecular weight is 425 g/mol. The zero-order valence-corrected chi connectivity index (χ0v) is 16.4. The van der Waals surface area contributed by atoms with Gasteiger partial charge in [-0.1, -0.05) is 60.7 Å². The number of hydrogen-bond acceptors (Lipinski definition) is 4. The van der Waals surface area contributed by atoms with E-state index in [1.165, 1.54) is 29.2 Å². The number of nitrogens with zero attached hydrogens (tertiary/aromatic N) is 2. The molecule has 4 rings (SSSR count). The first kappa shape index (κ1) is 20.5. The molecule has 3 aromatic carbocycles. The van der Waals surface area contributed by atoms with Gasteiger partial charge in [-0.05, 0) is 40.5 Å². The minimum atomic E-state index is -4.75. The summed E-state index contributed by atoms with van der Waals surface area (Å²) in [7, 11) is 1.56. The van der Waals surface area contributed by atoms with Gasteiger partial charge in [0.25, 0.3) is 5.91 Å². The minimum Gasteiger partial charge on any atom is -0.406 e. The Balaban J connectivity index is 1.78. The lowest BCUT2D eigenvalue weighted by atomic mass is 9.82. The van der Waals surface area contributed by atoms with Crippen molar-refractivity contribution in [1.29, 1.82) is 0 Å². The van der Waals surface area contributed by atoms with Crippen molar-refractivity contribution in [2.45, 2.75) is 11.9 Å². The minimum absolute atomic E-state index is 0.105. The lowest BCUT2D eigenvalue weighted by molar-refractivity contribution is -0.274. The van der Waals surface area contributed by atoms with Gasteiger partial charge in [0.2, 0.25) is 0 Å². The summed E-state index contributed by atoms with van der Waals surface area (Å²) in [5, 5.41) is 0. The van der Waals surface area contributed by atoms with Crippen LogP contribution in [0.2, 0.25) is 0 Å². The molecule has 0 saturated carbocycles. The van der Waals surface area contributed by atoms with Crippen molar-refractivity contribution in [2.75, 3.05) is 7.05 Å². The van der Waals surface area contributed by atoms with Gasteiger partial charge in [-0.2, -0.15) is 0 Å². The van der Waals surface area contributed by atoms with E-state index in [9.17, 15) is 18.0 Å². The van der Waals surface area contributed by atoms with E-state index in [-0.39, 0.29) is 17.6 Å². The number of amides is 1. The molecular formula is C23H18F3N3O2. The molecule has 2 N–H and O–H groups in total. The molecule has 3 aromatic rings. The zero-order chi connectivity index (χ0) is 22.2. The standard InChI is InChI=1S/C23H18F3N3O2/c1-29-20(30)22(28-21(29)27,17-7-3-2-4-8-17)18-9-5-6-16(14-18)15-10-12-19(13-11-15)31-23(24,25)26/h2-14H,1H3,(H2,27,28). The van der Waals surface area contributed by atoms with E-state index in [1.54, 1.807) is 31.3 Å². The Kier molecular flexibility index (Phi) is 4.93. The number of likely N-dealkylation sites (N-methyl/N-ethyl adjacent to an activating group) is 1. The molecule has 1 amide bonds. The molecule has 1 unspecified atom stereocenters. The molecule has 8 heteroatoms. The Bertz CT molecular complexity index is 1140. The molecule has 0 spiro atoms. The molecule has 31 heavy (non-hydrogen) atoms. The van der Waals surface area contributed by atoms with Crippen LogP contribution in [0.25, 0.3) is 11.1 Å². The van der Waals surface area contributed by atoms with Crippen molar-refractivity contribution in [2.24, 2.45) is 10.7 Å².